The first-order valence-electron chi connectivity index (χ1n) is 8.34. The van der Waals surface area contributed by atoms with E-state index in [0.717, 1.165) is 11.8 Å². The lowest BCUT2D eigenvalue weighted by atomic mass is 9.94. The Labute approximate surface area is 145 Å². The summed E-state index contributed by atoms with van der Waals surface area (Å²) in [5, 5.41) is 3.36. The molecule has 1 aromatic carbocycles. The van der Waals surface area contributed by atoms with E-state index < -0.39 is 11.6 Å². The van der Waals surface area contributed by atoms with Crippen molar-refractivity contribution in [3.05, 3.63) is 59.9 Å². The summed E-state index contributed by atoms with van der Waals surface area (Å²) in [6, 6.07) is 7.18. The van der Waals surface area contributed by atoms with Crippen LogP contribution >= 0.6 is 0 Å². The second-order valence-electron chi connectivity index (χ2n) is 6.20. The van der Waals surface area contributed by atoms with Crippen molar-refractivity contribution >= 4 is 0 Å². The first-order chi connectivity index (χ1) is 12.1. The molecule has 25 heavy (non-hydrogen) atoms. The van der Waals surface area contributed by atoms with Gasteiger partial charge in [0.1, 0.15) is 23.5 Å². The lowest BCUT2D eigenvalue weighted by Gasteiger charge is -2.21. The van der Waals surface area contributed by atoms with Crippen molar-refractivity contribution in [1.29, 1.82) is 0 Å². The van der Waals surface area contributed by atoms with Crippen LogP contribution in [0.2, 0.25) is 0 Å². The maximum absolute atomic E-state index is 14.0. The summed E-state index contributed by atoms with van der Waals surface area (Å²) in [4.78, 5) is 4.01. The SMILES string of the molecule is CC(CNCC1CNNC1c1ccc(F)cc1F)Oc1cccnc1. The smallest absolute Gasteiger partial charge is 0.138 e. The topological polar surface area (TPSA) is 58.2 Å². The first kappa shape index (κ1) is 17.7. The molecule has 0 aliphatic carbocycles. The molecule has 1 aromatic heterocycles. The van der Waals surface area contributed by atoms with E-state index in [2.05, 4.69) is 21.2 Å². The van der Waals surface area contributed by atoms with Gasteiger partial charge in [0.05, 0.1) is 12.2 Å². The van der Waals surface area contributed by atoms with Crippen LogP contribution in [0.1, 0.15) is 18.5 Å². The highest BCUT2D eigenvalue weighted by Crippen LogP contribution is 2.27. The fraction of sp³-hybridized carbons (Fsp3) is 0.389. The minimum atomic E-state index is -0.566. The number of halogens is 2. The fourth-order valence-electron chi connectivity index (χ4n) is 2.97. The predicted octanol–water partition coefficient (Wildman–Crippen LogP) is 2.18. The van der Waals surface area contributed by atoms with E-state index >= 15 is 0 Å². The third kappa shape index (κ3) is 4.72. The highest BCUT2D eigenvalue weighted by molar-refractivity contribution is 5.24. The van der Waals surface area contributed by atoms with Gasteiger partial charge in [0.25, 0.3) is 0 Å². The van der Waals surface area contributed by atoms with Gasteiger partial charge in [-0.1, -0.05) is 6.07 Å². The van der Waals surface area contributed by atoms with Crippen molar-refractivity contribution in [2.24, 2.45) is 5.92 Å². The summed E-state index contributed by atoms with van der Waals surface area (Å²) in [5.41, 5.74) is 6.59. The summed E-state index contributed by atoms with van der Waals surface area (Å²) >= 11 is 0. The van der Waals surface area contributed by atoms with Crippen molar-refractivity contribution in [3.8, 4) is 5.75 Å². The van der Waals surface area contributed by atoms with Gasteiger partial charge in [-0.25, -0.2) is 14.2 Å². The van der Waals surface area contributed by atoms with Crippen LogP contribution in [-0.4, -0.2) is 30.7 Å². The average Bonchev–Trinajstić information content (AvgIpc) is 3.04. The van der Waals surface area contributed by atoms with Gasteiger partial charge in [0, 0.05) is 43.4 Å². The number of ether oxygens (including phenoxy) is 1. The molecule has 0 spiro atoms. The molecule has 3 rings (SSSR count). The Balaban J connectivity index is 1.50. The number of nitrogens with one attached hydrogen (secondary N) is 3. The summed E-state index contributed by atoms with van der Waals surface area (Å²) in [5.74, 6) is -0.222. The monoisotopic (exact) mass is 348 g/mol. The number of hydrogen-bond acceptors (Lipinski definition) is 5. The normalized spacial score (nSPS) is 21.2. The number of rotatable bonds is 7. The van der Waals surface area contributed by atoms with Crippen molar-refractivity contribution in [2.75, 3.05) is 19.6 Å². The number of hydrogen-bond donors (Lipinski definition) is 3. The van der Waals surface area contributed by atoms with Crippen LogP contribution in [0, 0.1) is 17.6 Å². The number of pyridine rings is 1. The molecule has 1 saturated heterocycles. The van der Waals surface area contributed by atoms with Gasteiger partial charge in [-0.3, -0.25) is 10.4 Å². The molecule has 0 radical (unpaired) electrons. The number of aromatic nitrogens is 1. The summed E-state index contributed by atoms with van der Waals surface area (Å²) < 4.78 is 32.9. The molecule has 7 heteroatoms. The predicted molar refractivity (Wildman–Crippen MR) is 90.9 cm³/mol. The van der Waals surface area contributed by atoms with E-state index in [1.807, 2.05) is 19.1 Å². The van der Waals surface area contributed by atoms with Crippen molar-refractivity contribution in [3.63, 3.8) is 0 Å². The standard InChI is InChI=1S/C18H22F2N4O/c1-12(25-15-3-2-6-21-11-15)8-22-9-13-10-23-24-18(13)16-5-4-14(19)7-17(16)20/h2-7,11-13,18,22-24H,8-10H2,1H3. The van der Waals surface area contributed by atoms with Crippen LogP contribution in [-0.2, 0) is 0 Å². The summed E-state index contributed by atoms with van der Waals surface area (Å²) in [6.45, 7) is 4.01. The molecule has 0 amide bonds. The average molecular weight is 348 g/mol. The summed E-state index contributed by atoms with van der Waals surface area (Å²) in [6.07, 6.45) is 3.35. The van der Waals surface area contributed by atoms with Crippen LogP contribution in [0.4, 0.5) is 8.78 Å². The molecule has 3 unspecified atom stereocenters. The second kappa shape index (κ2) is 8.33. The Morgan fingerprint density at radius 1 is 1.36 bits per heavy atom. The van der Waals surface area contributed by atoms with Crippen molar-refractivity contribution in [2.45, 2.75) is 19.1 Å². The molecule has 0 bridgehead atoms. The first-order valence-corrected chi connectivity index (χ1v) is 8.34. The quantitative estimate of drug-likeness (QED) is 0.716. The fourth-order valence-corrected chi connectivity index (χ4v) is 2.97. The van der Waals surface area contributed by atoms with Crippen LogP contribution in [0.25, 0.3) is 0 Å². The minimum absolute atomic E-state index is 0.0208. The lowest BCUT2D eigenvalue weighted by Crippen LogP contribution is -2.35. The lowest BCUT2D eigenvalue weighted by molar-refractivity contribution is 0.213. The third-order valence-corrected chi connectivity index (χ3v) is 4.20. The molecule has 5 nitrogen and oxygen atoms in total. The van der Waals surface area contributed by atoms with Gasteiger partial charge < -0.3 is 10.1 Å². The van der Waals surface area contributed by atoms with Crippen LogP contribution in [0.15, 0.2) is 42.7 Å². The molecule has 1 aliphatic heterocycles. The zero-order valence-corrected chi connectivity index (χ0v) is 14.0. The molecular formula is C18H22F2N4O. The Hall–Kier alpha value is -2.09. The Morgan fingerprint density at radius 3 is 3.00 bits per heavy atom. The van der Waals surface area contributed by atoms with E-state index in [0.29, 0.717) is 25.2 Å². The largest absolute Gasteiger partial charge is 0.488 e. The molecule has 3 N–H and O–H groups in total. The van der Waals surface area contributed by atoms with Gasteiger partial charge >= 0.3 is 0 Å². The Morgan fingerprint density at radius 2 is 2.24 bits per heavy atom. The number of nitrogens with zero attached hydrogens (tertiary/aromatic N) is 1. The third-order valence-electron chi connectivity index (χ3n) is 4.20. The zero-order valence-electron chi connectivity index (χ0n) is 14.0. The van der Waals surface area contributed by atoms with Crippen LogP contribution in [0.3, 0.4) is 0 Å². The van der Waals surface area contributed by atoms with E-state index in [-0.39, 0.29) is 18.1 Å². The zero-order chi connectivity index (χ0) is 17.6. The Kier molecular flexibility index (Phi) is 5.91. The van der Waals surface area contributed by atoms with E-state index in [4.69, 9.17) is 4.74 Å². The van der Waals surface area contributed by atoms with Crippen molar-refractivity contribution < 1.29 is 13.5 Å². The van der Waals surface area contributed by atoms with Gasteiger partial charge in [-0.2, -0.15) is 0 Å². The highest BCUT2D eigenvalue weighted by atomic mass is 19.1. The van der Waals surface area contributed by atoms with Gasteiger partial charge in [0.2, 0.25) is 0 Å². The van der Waals surface area contributed by atoms with Crippen molar-refractivity contribution in [1.82, 2.24) is 21.2 Å². The summed E-state index contributed by atoms with van der Waals surface area (Å²) in [7, 11) is 0. The molecule has 134 valence electrons. The van der Waals surface area contributed by atoms with Gasteiger partial charge in [-0.05, 0) is 25.1 Å². The van der Waals surface area contributed by atoms with Gasteiger partial charge in [-0.15, -0.1) is 0 Å². The van der Waals surface area contributed by atoms with Crippen LogP contribution in [0.5, 0.6) is 5.75 Å². The molecule has 1 aliphatic rings. The van der Waals surface area contributed by atoms with E-state index in [1.165, 1.54) is 12.1 Å². The van der Waals surface area contributed by atoms with Crippen LogP contribution < -0.4 is 20.9 Å². The number of benzene rings is 1. The molecular weight excluding hydrogens is 326 g/mol. The highest BCUT2D eigenvalue weighted by Gasteiger charge is 2.30. The molecule has 3 atom stereocenters. The van der Waals surface area contributed by atoms with Gasteiger partial charge in [0.15, 0.2) is 0 Å². The second-order valence-corrected chi connectivity index (χ2v) is 6.20. The molecule has 2 aromatic rings. The molecule has 1 fully saturated rings. The Bertz CT molecular complexity index is 686. The van der Waals surface area contributed by atoms with E-state index in [1.54, 1.807) is 12.4 Å². The molecule has 2 heterocycles. The number of hydrazine groups is 1. The minimum Gasteiger partial charge on any atom is -0.488 e. The molecule has 0 saturated carbocycles. The maximum atomic E-state index is 14.0. The maximum Gasteiger partial charge on any atom is 0.138 e. The van der Waals surface area contributed by atoms with E-state index in [9.17, 15) is 8.78 Å².